The van der Waals surface area contributed by atoms with Crippen LogP contribution in [0.3, 0.4) is 0 Å². The molecule has 11 heteroatoms. The summed E-state index contributed by atoms with van der Waals surface area (Å²) in [6, 6.07) is 9.31. The molecule has 210 valence electrons. The van der Waals surface area contributed by atoms with Crippen LogP contribution in [-0.2, 0) is 12.7 Å². The van der Waals surface area contributed by atoms with Gasteiger partial charge in [0.25, 0.3) is 5.91 Å². The molecule has 2 heterocycles. The number of halogens is 3. The van der Waals surface area contributed by atoms with Gasteiger partial charge in [0.1, 0.15) is 11.4 Å². The van der Waals surface area contributed by atoms with Crippen molar-refractivity contribution in [2.75, 3.05) is 19.0 Å². The number of aryl methyl sites for hydroxylation is 1. The van der Waals surface area contributed by atoms with Crippen LogP contribution in [-0.4, -0.2) is 39.5 Å². The molecule has 0 spiro atoms. The number of hydrogen-bond donors (Lipinski definition) is 2. The molecule has 0 saturated carbocycles. The molecule has 0 aliphatic rings. The average Bonchev–Trinajstić information content (AvgIpc) is 3.40. The van der Waals surface area contributed by atoms with Gasteiger partial charge in [-0.05, 0) is 73.3 Å². The molecule has 1 amide bonds. The van der Waals surface area contributed by atoms with E-state index in [-0.39, 0.29) is 23.4 Å². The molecule has 2 N–H and O–H groups in total. The Morgan fingerprint density at radius 2 is 1.88 bits per heavy atom. The quantitative estimate of drug-likeness (QED) is 0.266. The minimum atomic E-state index is -4.56. The number of methoxy groups -OCH3 is 1. The van der Waals surface area contributed by atoms with Gasteiger partial charge in [-0.3, -0.25) is 9.78 Å². The van der Waals surface area contributed by atoms with E-state index in [1.54, 1.807) is 56.0 Å². The number of alkyl halides is 3. The zero-order valence-electron chi connectivity index (χ0n) is 22.9. The molecule has 4 aromatic rings. The number of amides is 1. The number of ether oxygens (including phenoxy) is 1. The van der Waals surface area contributed by atoms with Gasteiger partial charge in [-0.25, -0.2) is 4.68 Å². The van der Waals surface area contributed by atoms with E-state index in [4.69, 9.17) is 4.74 Å². The maximum Gasteiger partial charge on any atom is 0.416 e. The Labute approximate surface area is 230 Å². The van der Waals surface area contributed by atoms with Gasteiger partial charge < -0.3 is 15.4 Å². The van der Waals surface area contributed by atoms with Gasteiger partial charge in [-0.2, -0.15) is 13.2 Å². The van der Waals surface area contributed by atoms with Crippen LogP contribution in [0.5, 0.6) is 5.75 Å². The van der Waals surface area contributed by atoms with Crippen LogP contribution in [0.1, 0.15) is 46.5 Å². The predicted molar refractivity (Wildman–Crippen MR) is 147 cm³/mol. The van der Waals surface area contributed by atoms with Crippen molar-refractivity contribution in [3.8, 4) is 22.7 Å². The molecule has 0 fully saturated rings. The molecule has 0 unspecified atom stereocenters. The van der Waals surface area contributed by atoms with Crippen LogP contribution in [0.15, 0.2) is 55.0 Å². The number of anilines is 1. The highest BCUT2D eigenvalue weighted by Crippen LogP contribution is 2.35. The number of carbonyl (C=O) groups excluding carboxylic acids is 1. The van der Waals surface area contributed by atoms with Crippen LogP contribution in [0.2, 0.25) is 0 Å². The van der Waals surface area contributed by atoms with Crippen molar-refractivity contribution < 1.29 is 22.7 Å². The first-order valence-electron chi connectivity index (χ1n) is 12.7. The molecule has 0 bridgehead atoms. The van der Waals surface area contributed by atoms with Crippen molar-refractivity contribution >= 4 is 11.6 Å². The topological polar surface area (TPSA) is 94.0 Å². The molecule has 0 atom stereocenters. The van der Waals surface area contributed by atoms with E-state index in [2.05, 4.69) is 25.9 Å². The number of rotatable bonds is 9. The summed E-state index contributed by atoms with van der Waals surface area (Å²) < 4.78 is 48.2. The molecule has 2 aromatic heterocycles. The molecular formula is C29H31F3N6O2. The van der Waals surface area contributed by atoms with E-state index in [0.29, 0.717) is 40.7 Å². The van der Waals surface area contributed by atoms with E-state index in [1.807, 2.05) is 20.8 Å². The third-order valence-corrected chi connectivity index (χ3v) is 6.40. The average molecular weight is 553 g/mol. The van der Waals surface area contributed by atoms with Gasteiger partial charge >= 0.3 is 6.18 Å². The standard InChI is InChI=1S/C29H31F3N6O2/c1-17(2)12-33-13-21-8-23(11-25(19(21)4)29(30,31)32)35-28(39)20-7-6-18(3)27(10-20)38-16-26(36-37-38)22-9-24(40-5)15-34-14-22/h6-11,14-17,33H,12-13H2,1-5H3,(H,35,39). The number of benzene rings is 2. The third kappa shape index (κ3) is 6.66. The number of pyridine rings is 1. The fourth-order valence-corrected chi connectivity index (χ4v) is 4.21. The lowest BCUT2D eigenvalue weighted by Gasteiger charge is -2.18. The summed E-state index contributed by atoms with van der Waals surface area (Å²) in [5.74, 6) is 0.372. The van der Waals surface area contributed by atoms with Gasteiger partial charge in [0.2, 0.25) is 0 Å². The van der Waals surface area contributed by atoms with Crippen molar-refractivity contribution in [2.24, 2.45) is 5.92 Å². The Kier molecular flexibility index (Phi) is 8.53. The lowest BCUT2D eigenvalue weighted by Crippen LogP contribution is -2.21. The number of hydrogen-bond acceptors (Lipinski definition) is 6. The third-order valence-electron chi connectivity index (χ3n) is 6.40. The van der Waals surface area contributed by atoms with Crippen molar-refractivity contribution in [1.29, 1.82) is 0 Å². The second kappa shape index (κ2) is 11.9. The molecule has 0 aliphatic carbocycles. The highest BCUT2D eigenvalue weighted by molar-refractivity contribution is 6.04. The summed E-state index contributed by atoms with van der Waals surface area (Å²) in [4.78, 5) is 17.3. The Hall–Kier alpha value is -4.25. The molecule has 2 aromatic carbocycles. The maximum atomic E-state index is 13.8. The molecular weight excluding hydrogens is 521 g/mol. The van der Waals surface area contributed by atoms with Gasteiger partial charge in [0.05, 0.1) is 30.8 Å². The van der Waals surface area contributed by atoms with Crippen LogP contribution in [0.4, 0.5) is 18.9 Å². The van der Waals surface area contributed by atoms with E-state index in [9.17, 15) is 18.0 Å². The van der Waals surface area contributed by atoms with E-state index in [1.165, 1.54) is 11.6 Å². The van der Waals surface area contributed by atoms with Gasteiger partial charge in [0, 0.05) is 29.6 Å². The van der Waals surface area contributed by atoms with E-state index in [0.717, 1.165) is 11.6 Å². The molecule has 4 rings (SSSR count). The SMILES string of the molecule is COc1cncc(-c2cn(-c3cc(C(=O)Nc4cc(CNCC(C)C)c(C)c(C(F)(F)F)c4)ccc3C)nn2)c1. The summed E-state index contributed by atoms with van der Waals surface area (Å²) in [7, 11) is 1.54. The minimum Gasteiger partial charge on any atom is -0.495 e. The second-order valence-corrected chi connectivity index (χ2v) is 9.95. The monoisotopic (exact) mass is 552 g/mol. The molecule has 0 radical (unpaired) electrons. The van der Waals surface area contributed by atoms with Crippen molar-refractivity contribution in [3.63, 3.8) is 0 Å². The Morgan fingerprint density at radius 1 is 1.10 bits per heavy atom. The van der Waals surface area contributed by atoms with Crippen molar-refractivity contribution in [2.45, 2.75) is 40.4 Å². The van der Waals surface area contributed by atoms with Crippen LogP contribution < -0.4 is 15.4 Å². The largest absolute Gasteiger partial charge is 0.495 e. The second-order valence-electron chi connectivity index (χ2n) is 9.95. The first kappa shape index (κ1) is 28.8. The number of aromatic nitrogens is 4. The first-order chi connectivity index (χ1) is 19.0. The minimum absolute atomic E-state index is 0.0694. The Balaban J connectivity index is 1.61. The molecule has 0 saturated heterocycles. The van der Waals surface area contributed by atoms with Crippen LogP contribution in [0.25, 0.3) is 16.9 Å². The smallest absolute Gasteiger partial charge is 0.416 e. The first-order valence-corrected chi connectivity index (χ1v) is 12.7. The Bertz CT molecular complexity index is 1510. The Morgan fingerprint density at radius 3 is 2.58 bits per heavy atom. The molecule has 0 aliphatic heterocycles. The van der Waals surface area contributed by atoms with E-state index >= 15 is 0 Å². The van der Waals surface area contributed by atoms with E-state index < -0.39 is 17.6 Å². The zero-order valence-corrected chi connectivity index (χ0v) is 22.9. The lowest BCUT2D eigenvalue weighted by molar-refractivity contribution is -0.138. The van der Waals surface area contributed by atoms with Crippen molar-refractivity contribution in [3.05, 3.63) is 82.8 Å². The number of nitrogens with zero attached hydrogens (tertiary/aromatic N) is 4. The molecule has 40 heavy (non-hydrogen) atoms. The molecule has 8 nitrogen and oxygen atoms in total. The fourth-order valence-electron chi connectivity index (χ4n) is 4.21. The lowest BCUT2D eigenvalue weighted by atomic mass is 10.00. The fraction of sp³-hybridized carbons (Fsp3) is 0.310. The van der Waals surface area contributed by atoms with Crippen molar-refractivity contribution in [1.82, 2.24) is 25.3 Å². The summed E-state index contributed by atoms with van der Waals surface area (Å²) in [6.07, 6.45) is 0.359. The zero-order chi connectivity index (χ0) is 29.0. The van der Waals surface area contributed by atoms with Gasteiger partial charge in [-0.1, -0.05) is 25.1 Å². The number of nitrogens with one attached hydrogen (secondary N) is 2. The summed E-state index contributed by atoms with van der Waals surface area (Å²) >= 11 is 0. The van der Waals surface area contributed by atoms with Gasteiger partial charge in [0.15, 0.2) is 0 Å². The van der Waals surface area contributed by atoms with Gasteiger partial charge in [-0.15, -0.1) is 5.10 Å². The number of carbonyl (C=O) groups is 1. The maximum absolute atomic E-state index is 13.8. The summed E-state index contributed by atoms with van der Waals surface area (Å²) in [6.45, 7) is 8.25. The summed E-state index contributed by atoms with van der Waals surface area (Å²) in [5.41, 5.74) is 2.83. The highest BCUT2D eigenvalue weighted by Gasteiger charge is 2.34. The normalized spacial score (nSPS) is 11.6. The highest BCUT2D eigenvalue weighted by atomic mass is 19.4. The van der Waals surface area contributed by atoms with Crippen LogP contribution in [0, 0.1) is 19.8 Å². The summed E-state index contributed by atoms with van der Waals surface area (Å²) in [5, 5.41) is 14.2. The predicted octanol–water partition coefficient (Wildman–Crippen LogP) is 5.97. The van der Waals surface area contributed by atoms with Crippen LogP contribution >= 0.6 is 0 Å².